The highest BCUT2D eigenvalue weighted by molar-refractivity contribution is 7.92. The monoisotopic (exact) mass is 418 g/mol. The van der Waals surface area contributed by atoms with Gasteiger partial charge in [0.2, 0.25) is 15.9 Å². The number of nitrogens with one attached hydrogen (secondary N) is 1. The van der Waals surface area contributed by atoms with E-state index in [1.54, 1.807) is 24.3 Å². The number of carbonyl (C=O) groups excluding carboxylic acids is 1. The Labute approximate surface area is 173 Å². The Kier molecular flexibility index (Phi) is 7.30. The molecule has 0 radical (unpaired) electrons. The van der Waals surface area contributed by atoms with E-state index in [0.717, 1.165) is 27.3 Å². The minimum atomic E-state index is -3.66. The Hall–Kier alpha value is -2.54. The minimum Gasteiger partial charge on any atom is -0.491 e. The van der Waals surface area contributed by atoms with Crippen LogP contribution in [0.4, 0.5) is 5.69 Å². The Morgan fingerprint density at radius 2 is 1.79 bits per heavy atom. The number of hydrogen-bond acceptors (Lipinski definition) is 4. The van der Waals surface area contributed by atoms with Crippen LogP contribution >= 0.6 is 0 Å². The van der Waals surface area contributed by atoms with Crippen LogP contribution in [0.25, 0.3) is 0 Å². The lowest BCUT2D eigenvalue weighted by Gasteiger charge is -2.24. The van der Waals surface area contributed by atoms with Gasteiger partial charge < -0.3 is 10.1 Å². The van der Waals surface area contributed by atoms with E-state index >= 15 is 0 Å². The van der Waals surface area contributed by atoms with Crippen molar-refractivity contribution in [1.82, 2.24) is 5.32 Å². The molecule has 158 valence electrons. The SMILES string of the molecule is Cc1ccc([C@H](C)NC(=O)CN(c2cccc(OC(C)C)c2)S(C)(=O)=O)c(C)c1. The van der Waals surface area contributed by atoms with E-state index in [1.807, 2.05) is 46.8 Å². The van der Waals surface area contributed by atoms with Crippen molar-refractivity contribution in [2.24, 2.45) is 0 Å². The molecule has 0 fully saturated rings. The molecule has 6 nitrogen and oxygen atoms in total. The predicted molar refractivity (Wildman–Crippen MR) is 117 cm³/mol. The number of rotatable bonds is 8. The van der Waals surface area contributed by atoms with Crippen LogP contribution in [0.1, 0.15) is 43.5 Å². The van der Waals surface area contributed by atoms with E-state index in [2.05, 4.69) is 11.4 Å². The maximum Gasteiger partial charge on any atom is 0.241 e. The molecule has 0 aromatic heterocycles. The molecule has 2 aromatic rings. The molecular formula is C22H30N2O4S. The van der Waals surface area contributed by atoms with Gasteiger partial charge in [-0.1, -0.05) is 29.8 Å². The summed E-state index contributed by atoms with van der Waals surface area (Å²) in [4.78, 5) is 12.6. The van der Waals surface area contributed by atoms with Gasteiger partial charge in [0.25, 0.3) is 0 Å². The maximum atomic E-state index is 12.6. The number of carbonyl (C=O) groups is 1. The summed E-state index contributed by atoms with van der Waals surface area (Å²) in [6.07, 6.45) is 1.04. The van der Waals surface area contributed by atoms with E-state index in [1.165, 1.54) is 0 Å². The van der Waals surface area contributed by atoms with Crippen LogP contribution in [0.2, 0.25) is 0 Å². The minimum absolute atomic E-state index is 0.0427. The third-order valence-electron chi connectivity index (χ3n) is 4.43. The first-order valence-electron chi connectivity index (χ1n) is 9.58. The van der Waals surface area contributed by atoms with Crippen LogP contribution in [0, 0.1) is 13.8 Å². The highest BCUT2D eigenvalue weighted by Crippen LogP contribution is 2.24. The van der Waals surface area contributed by atoms with Crippen molar-refractivity contribution >= 4 is 21.6 Å². The molecular weight excluding hydrogens is 388 g/mol. The van der Waals surface area contributed by atoms with Crippen LogP contribution < -0.4 is 14.4 Å². The second kappa shape index (κ2) is 9.31. The lowest BCUT2D eigenvalue weighted by atomic mass is 10.0. The summed E-state index contributed by atoms with van der Waals surface area (Å²) in [6.45, 7) is 9.37. The number of hydrogen-bond donors (Lipinski definition) is 1. The second-order valence-corrected chi connectivity index (χ2v) is 9.49. The highest BCUT2D eigenvalue weighted by atomic mass is 32.2. The largest absolute Gasteiger partial charge is 0.491 e. The third-order valence-corrected chi connectivity index (χ3v) is 5.57. The molecule has 2 rings (SSSR count). The van der Waals surface area contributed by atoms with Crippen molar-refractivity contribution < 1.29 is 17.9 Å². The molecule has 29 heavy (non-hydrogen) atoms. The van der Waals surface area contributed by atoms with Crippen LogP contribution in [-0.4, -0.2) is 33.2 Å². The summed E-state index contributed by atoms with van der Waals surface area (Å²) < 4.78 is 31.4. The summed E-state index contributed by atoms with van der Waals surface area (Å²) in [5.74, 6) is 0.174. The Balaban J connectivity index is 2.19. The molecule has 0 heterocycles. The highest BCUT2D eigenvalue weighted by Gasteiger charge is 2.22. The van der Waals surface area contributed by atoms with E-state index in [-0.39, 0.29) is 24.6 Å². The topological polar surface area (TPSA) is 75.7 Å². The van der Waals surface area contributed by atoms with E-state index in [4.69, 9.17) is 4.74 Å². The summed E-state index contributed by atoms with van der Waals surface area (Å²) in [6, 6.07) is 12.5. The fraction of sp³-hybridized carbons (Fsp3) is 0.409. The number of sulfonamides is 1. The molecule has 1 amide bonds. The summed E-state index contributed by atoms with van der Waals surface area (Å²) in [5.41, 5.74) is 3.62. The molecule has 0 saturated carbocycles. The van der Waals surface area contributed by atoms with Crippen molar-refractivity contribution in [1.29, 1.82) is 0 Å². The molecule has 0 saturated heterocycles. The van der Waals surface area contributed by atoms with Gasteiger partial charge in [0, 0.05) is 6.07 Å². The molecule has 0 spiro atoms. The van der Waals surface area contributed by atoms with Gasteiger partial charge in [0.1, 0.15) is 12.3 Å². The number of benzene rings is 2. The van der Waals surface area contributed by atoms with Crippen molar-refractivity contribution in [3.05, 3.63) is 59.2 Å². The molecule has 0 aliphatic rings. The van der Waals surface area contributed by atoms with Gasteiger partial charge in [-0.05, 0) is 57.9 Å². The average Bonchev–Trinajstić information content (AvgIpc) is 2.58. The molecule has 7 heteroatoms. The lowest BCUT2D eigenvalue weighted by molar-refractivity contribution is -0.120. The third kappa shape index (κ3) is 6.49. The molecule has 2 aromatic carbocycles. The molecule has 0 aliphatic heterocycles. The van der Waals surface area contributed by atoms with Gasteiger partial charge in [-0.2, -0.15) is 0 Å². The first kappa shape index (κ1) is 22.7. The van der Waals surface area contributed by atoms with Crippen molar-refractivity contribution in [3.63, 3.8) is 0 Å². The van der Waals surface area contributed by atoms with E-state index in [0.29, 0.717) is 11.4 Å². The molecule has 0 aliphatic carbocycles. The Morgan fingerprint density at radius 3 is 2.38 bits per heavy atom. The number of nitrogens with zero attached hydrogens (tertiary/aromatic N) is 1. The van der Waals surface area contributed by atoms with Gasteiger partial charge in [0.05, 0.1) is 24.1 Å². The maximum absolute atomic E-state index is 12.6. The van der Waals surface area contributed by atoms with Crippen LogP contribution in [-0.2, 0) is 14.8 Å². The Bertz CT molecular complexity index is 971. The van der Waals surface area contributed by atoms with E-state index in [9.17, 15) is 13.2 Å². The molecule has 0 unspecified atom stereocenters. The lowest BCUT2D eigenvalue weighted by Crippen LogP contribution is -2.41. The van der Waals surface area contributed by atoms with Gasteiger partial charge in [-0.3, -0.25) is 9.10 Å². The summed E-state index contributed by atoms with van der Waals surface area (Å²) >= 11 is 0. The van der Waals surface area contributed by atoms with Gasteiger partial charge in [-0.15, -0.1) is 0 Å². The first-order chi connectivity index (χ1) is 13.5. The summed E-state index contributed by atoms with van der Waals surface area (Å²) in [7, 11) is -3.66. The number of ether oxygens (including phenoxy) is 1. The summed E-state index contributed by atoms with van der Waals surface area (Å²) in [5, 5.41) is 2.90. The fourth-order valence-electron chi connectivity index (χ4n) is 3.19. The van der Waals surface area contributed by atoms with Crippen LogP contribution in [0.5, 0.6) is 5.75 Å². The molecule has 0 bridgehead atoms. The van der Waals surface area contributed by atoms with Crippen molar-refractivity contribution in [3.8, 4) is 5.75 Å². The number of anilines is 1. The molecule has 1 N–H and O–H groups in total. The zero-order valence-corrected chi connectivity index (χ0v) is 18.7. The quantitative estimate of drug-likeness (QED) is 0.709. The van der Waals surface area contributed by atoms with Gasteiger partial charge in [-0.25, -0.2) is 8.42 Å². The normalized spacial score (nSPS) is 12.5. The van der Waals surface area contributed by atoms with Crippen LogP contribution in [0.3, 0.4) is 0 Å². The zero-order chi connectivity index (χ0) is 21.8. The average molecular weight is 419 g/mol. The van der Waals surface area contributed by atoms with Crippen molar-refractivity contribution in [2.75, 3.05) is 17.1 Å². The smallest absolute Gasteiger partial charge is 0.241 e. The molecule has 1 atom stereocenters. The predicted octanol–water partition coefficient (Wildman–Crippen LogP) is 3.73. The second-order valence-electron chi connectivity index (χ2n) is 7.58. The standard InChI is InChI=1S/C22H30N2O4S/c1-15(2)28-20-9-7-8-19(13-20)24(29(6,26)27)14-22(25)23-18(5)21-11-10-16(3)12-17(21)4/h7-13,15,18H,14H2,1-6H3,(H,23,25)/t18-/m0/s1. The van der Waals surface area contributed by atoms with Crippen LogP contribution in [0.15, 0.2) is 42.5 Å². The number of aryl methyl sites for hydroxylation is 2. The fourth-order valence-corrected chi connectivity index (χ4v) is 4.04. The van der Waals surface area contributed by atoms with Crippen molar-refractivity contribution in [2.45, 2.75) is 46.8 Å². The van der Waals surface area contributed by atoms with Gasteiger partial charge in [0.15, 0.2) is 0 Å². The Morgan fingerprint density at radius 1 is 1.10 bits per heavy atom. The van der Waals surface area contributed by atoms with Gasteiger partial charge >= 0.3 is 0 Å². The zero-order valence-electron chi connectivity index (χ0n) is 17.9. The number of amides is 1. The first-order valence-corrected chi connectivity index (χ1v) is 11.4. The van der Waals surface area contributed by atoms with E-state index < -0.39 is 10.0 Å².